The van der Waals surface area contributed by atoms with E-state index in [1.807, 2.05) is 19.9 Å². The number of nitrogens with zero attached hydrogens (tertiary/aromatic N) is 7. The molecule has 3 rings (SSSR count). The van der Waals surface area contributed by atoms with Gasteiger partial charge in [-0.25, -0.2) is 10.1 Å². The van der Waals surface area contributed by atoms with Crippen LogP contribution >= 0.6 is 0 Å². The Morgan fingerprint density at radius 3 is 2.67 bits per heavy atom. The Hall–Kier alpha value is -3.10. The number of hydrazone groups is 1. The molecule has 1 N–H and O–H groups in total. The standard InChI is InChI=1S/C12H12N8O/c1-8-6-9(2)20(19-8)12-17-15-11(16-18-12)14-13-7-10-4-3-5-21-10/h3-7H,1-2H3,(H,14,15,16). The van der Waals surface area contributed by atoms with E-state index < -0.39 is 0 Å². The zero-order valence-corrected chi connectivity index (χ0v) is 11.4. The van der Waals surface area contributed by atoms with Gasteiger partial charge in [0.2, 0.25) is 0 Å². The van der Waals surface area contributed by atoms with Gasteiger partial charge in [-0.3, -0.25) is 0 Å². The van der Waals surface area contributed by atoms with E-state index in [2.05, 4.69) is 36.0 Å². The first-order valence-corrected chi connectivity index (χ1v) is 6.16. The van der Waals surface area contributed by atoms with E-state index in [0.29, 0.717) is 11.7 Å². The topological polar surface area (TPSA) is 107 Å². The highest BCUT2D eigenvalue weighted by Crippen LogP contribution is 2.06. The Kier molecular flexibility index (Phi) is 3.37. The quantitative estimate of drug-likeness (QED) is 0.564. The second-order valence-electron chi connectivity index (χ2n) is 4.25. The predicted molar refractivity (Wildman–Crippen MR) is 74.1 cm³/mol. The lowest BCUT2D eigenvalue weighted by Gasteiger charge is -2.00. The number of hydrogen-bond acceptors (Lipinski definition) is 8. The van der Waals surface area contributed by atoms with E-state index in [1.54, 1.807) is 23.1 Å². The van der Waals surface area contributed by atoms with Crippen LogP contribution < -0.4 is 5.43 Å². The normalized spacial score (nSPS) is 11.1. The van der Waals surface area contributed by atoms with Crippen molar-refractivity contribution in [1.82, 2.24) is 30.2 Å². The first-order valence-electron chi connectivity index (χ1n) is 6.16. The summed E-state index contributed by atoms with van der Waals surface area (Å²) in [6.07, 6.45) is 3.06. The van der Waals surface area contributed by atoms with Crippen molar-refractivity contribution >= 4 is 12.2 Å². The van der Waals surface area contributed by atoms with E-state index >= 15 is 0 Å². The van der Waals surface area contributed by atoms with Crippen LogP contribution in [0.1, 0.15) is 17.1 Å². The van der Waals surface area contributed by atoms with Gasteiger partial charge in [-0.2, -0.15) is 10.2 Å². The molecule has 9 heteroatoms. The van der Waals surface area contributed by atoms with Crippen molar-refractivity contribution in [2.24, 2.45) is 5.10 Å². The highest BCUT2D eigenvalue weighted by molar-refractivity contribution is 5.76. The molecule has 3 aromatic rings. The van der Waals surface area contributed by atoms with E-state index in [1.165, 1.54) is 6.21 Å². The number of aromatic nitrogens is 6. The van der Waals surface area contributed by atoms with E-state index in [9.17, 15) is 0 Å². The minimum absolute atomic E-state index is 0.183. The molecule has 0 radical (unpaired) electrons. The average molecular weight is 284 g/mol. The van der Waals surface area contributed by atoms with E-state index in [0.717, 1.165) is 11.4 Å². The minimum atomic E-state index is 0.183. The summed E-state index contributed by atoms with van der Waals surface area (Å²) in [6, 6.07) is 5.46. The molecule has 9 nitrogen and oxygen atoms in total. The fourth-order valence-electron chi connectivity index (χ4n) is 1.70. The summed E-state index contributed by atoms with van der Waals surface area (Å²) in [5.74, 6) is 1.10. The van der Waals surface area contributed by atoms with Crippen molar-refractivity contribution in [3.63, 3.8) is 0 Å². The van der Waals surface area contributed by atoms with Crippen LogP contribution in [0.5, 0.6) is 0 Å². The van der Waals surface area contributed by atoms with Crippen LogP contribution in [-0.2, 0) is 0 Å². The maximum absolute atomic E-state index is 5.09. The van der Waals surface area contributed by atoms with Crippen molar-refractivity contribution < 1.29 is 4.42 Å². The van der Waals surface area contributed by atoms with E-state index in [-0.39, 0.29) is 5.95 Å². The first kappa shape index (κ1) is 12.9. The molecule has 0 unspecified atom stereocenters. The largest absolute Gasteiger partial charge is 0.463 e. The molecular formula is C12H12N8O. The Balaban J connectivity index is 1.71. The molecule has 21 heavy (non-hydrogen) atoms. The van der Waals surface area contributed by atoms with Gasteiger partial charge in [-0.15, -0.1) is 20.4 Å². The second-order valence-corrected chi connectivity index (χ2v) is 4.25. The third-order valence-corrected chi connectivity index (χ3v) is 2.57. The van der Waals surface area contributed by atoms with Gasteiger partial charge in [0.05, 0.1) is 18.2 Å². The summed E-state index contributed by atoms with van der Waals surface area (Å²) in [5, 5.41) is 23.8. The molecule has 0 atom stereocenters. The third kappa shape index (κ3) is 2.91. The van der Waals surface area contributed by atoms with Gasteiger partial charge in [-0.1, -0.05) is 0 Å². The Morgan fingerprint density at radius 2 is 2.05 bits per heavy atom. The summed E-state index contributed by atoms with van der Waals surface area (Å²) in [4.78, 5) is 0. The number of aryl methyl sites for hydroxylation is 2. The summed E-state index contributed by atoms with van der Waals surface area (Å²) >= 11 is 0. The van der Waals surface area contributed by atoms with Crippen LogP contribution in [0.25, 0.3) is 5.95 Å². The van der Waals surface area contributed by atoms with Gasteiger partial charge in [0, 0.05) is 5.69 Å². The molecule has 0 fully saturated rings. The maximum atomic E-state index is 5.09. The molecule has 0 saturated heterocycles. The zero-order chi connectivity index (χ0) is 14.7. The maximum Gasteiger partial charge on any atom is 0.289 e. The molecule has 0 amide bonds. The van der Waals surface area contributed by atoms with Crippen molar-refractivity contribution in [2.75, 3.05) is 5.43 Å². The number of hydrogen-bond donors (Lipinski definition) is 1. The number of rotatable bonds is 4. The first-order chi connectivity index (χ1) is 10.2. The Bertz CT molecular complexity index is 744. The zero-order valence-electron chi connectivity index (χ0n) is 11.4. The van der Waals surface area contributed by atoms with E-state index in [4.69, 9.17) is 4.42 Å². The molecule has 0 aliphatic heterocycles. The number of anilines is 1. The lowest BCUT2D eigenvalue weighted by Crippen LogP contribution is -2.09. The third-order valence-electron chi connectivity index (χ3n) is 2.57. The molecule has 3 heterocycles. The minimum Gasteiger partial charge on any atom is -0.463 e. The monoisotopic (exact) mass is 284 g/mol. The van der Waals surface area contributed by atoms with Crippen LogP contribution in [0.3, 0.4) is 0 Å². The Labute approximate surface area is 119 Å². The summed E-state index contributed by atoms with van der Waals surface area (Å²) in [7, 11) is 0. The van der Waals surface area contributed by atoms with Gasteiger partial charge in [-0.05, 0) is 32.0 Å². The molecular weight excluding hydrogens is 272 g/mol. The highest BCUT2D eigenvalue weighted by Gasteiger charge is 2.07. The molecule has 3 aromatic heterocycles. The van der Waals surface area contributed by atoms with Crippen molar-refractivity contribution in [1.29, 1.82) is 0 Å². The lowest BCUT2D eigenvalue weighted by atomic mass is 10.4. The molecule has 0 aliphatic rings. The summed E-state index contributed by atoms with van der Waals surface area (Å²) in [6.45, 7) is 3.80. The van der Waals surface area contributed by atoms with Crippen LogP contribution in [0.15, 0.2) is 34.0 Å². The van der Waals surface area contributed by atoms with Gasteiger partial charge in [0.15, 0.2) is 0 Å². The molecule has 0 aliphatic carbocycles. The molecule has 106 valence electrons. The molecule has 0 aromatic carbocycles. The number of nitrogens with one attached hydrogen (secondary N) is 1. The number of furan rings is 1. The van der Waals surface area contributed by atoms with Gasteiger partial charge in [0.25, 0.3) is 11.9 Å². The van der Waals surface area contributed by atoms with Crippen LogP contribution in [0.4, 0.5) is 5.95 Å². The lowest BCUT2D eigenvalue weighted by molar-refractivity contribution is 0.560. The fraction of sp³-hybridized carbons (Fsp3) is 0.167. The highest BCUT2D eigenvalue weighted by atomic mass is 16.3. The molecule has 0 spiro atoms. The molecule has 0 bridgehead atoms. The van der Waals surface area contributed by atoms with Crippen molar-refractivity contribution in [3.8, 4) is 5.95 Å². The SMILES string of the molecule is Cc1cc(C)n(-c2nnc(NN=Cc3ccco3)nn2)n1. The predicted octanol–water partition coefficient (Wildman–Crippen LogP) is 1.11. The van der Waals surface area contributed by atoms with Crippen molar-refractivity contribution in [2.45, 2.75) is 13.8 Å². The van der Waals surface area contributed by atoms with Gasteiger partial charge >= 0.3 is 0 Å². The smallest absolute Gasteiger partial charge is 0.289 e. The summed E-state index contributed by atoms with van der Waals surface area (Å²) in [5.41, 5.74) is 4.40. The van der Waals surface area contributed by atoms with Crippen LogP contribution in [-0.4, -0.2) is 36.4 Å². The fourth-order valence-corrected chi connectivity index (χ4v) is 1.70. The van der Waals surface area contributed by atoms with Gasteiger partial charge < -0.3 is 4.42 Å². The summed E-state index contributed by atoms with van der Waals surface area (Å²) < 4.78 is 6.67. The van der Waals surface area contributed by atoms with Crippen molar-refractivity contribution in [3.05, 3.63) is 41.6 Å². The average Bonchev–Trinajstić information content (AvgIpc) is 3.09. The van der Waals surface area contributed by atoms with Crippen LogP contribution in [0.2, 0.25) is 0 Å². The van der Waals surface area contributed by atoms with Gasteiger partial charge in [0.1, 0.15) is 5.76 Å². The Morgan fingerprint density at radius 1 is 1.24 bits per heavy atom. The molecule has 0 saturated carbocycles. The van der Waals surface area contributed by atoms with Crippen LogP contribution in [0, 0.1) is 13.8 Å². The second kappa shape index (κ2) is 5.49.